The lowest BCUT2D eigenvalue weighted by atomic mass is 10.2. The number of hydrogen-bond acceptors (Lipinski definition) is 3. The van der Waals surface area contributed by atoms with Crippen LogP contribution in [0.15, 0.2) is 30.5 Å². The van der Waals surface area contributed by atoms with Crippen LogP contribution in [0.3, 0.4) is 0 Å². The zero-order chi connectivity index (χ0) is 12.1. The van der Waals surface area contributed by atoms with E-state index in [1.807, 2.05) is 25.1 Å². The first-order valence-corrected chi connectivity index (χ1v) is 6.29. The van der Waals surface area contributed by atoms with Crippen molar-refractivity contribution in [3.63, 3.8) is 0 Å². The summed E-state index contributed by atoms with van der Waals surface area (Å²) < 4.78 is 0. The van der Waals surface area contributed by atoms with Crippen LogP contribution in [0.4, 0.5) is 5.69 Å². The van der Waals surface area contributed by atoms with E-state index in [1.54, 1.807) is 6.20 Å². The lowest BCUT2D eigenvalue weighted by molar-refractivity contribution is 0.750. The zero-order valence-electron chi connectivity index (χ0n) is 9.86. The topological polar surface area (TPSA) is 37.8 Å². The minimum absolute atomic E-state index is 0.240. The SMILES string of the molecule is CC(Cl)CCCNc1cnnc2ccccc12. The highest BCUT2D eigenvalue weighted by molar-refractivity contribution is 6.20. The molecule has 2 rings (SSSR count). The number of nitrogens with one attached hydrogen (secondary N) is 1. The summed E-state index contributed by atoms with van der Waals surface area (Å²) in [7, 11) is 0. The van der Waals surface area contributed by atoms with Gasteiger partial charge >= 0.3 is 0 Å². The predicted octanol–water partition coefficient (Wildman–Crippen LogP) is 3.45. The van der Waals surface area contributed by atoms with Gasteiger partial charge in [-0.1, -0.05) is 18.2 Å². The molecule has 1 aromatic heterocycles. The van der Waals surface area contributed by atoms with E-state index < -0.39 is 0 Å². The summed E-state index contributed by atoms with van der Waals surface area (Å²) in [5.74, 6) is 0. The molecular weight excluding hydrogens is 234 g/mol. The number of halogens is 1. The van der Waals surface area contributed by atoms with Crippen LogP contribution >= 0.6 is 11.6 Å². The van der Waals surface area contributed by atoms with E-state index in [2.05, 4.69) is 21.6 Å². The molecule has 0 aliphatic heterocycles. The van der Waals surface area contributed by atoms with E-state index in [0.29, 0.717) is 0 Å². The smallest absolute Gasteiger partial charge is 0.0950 e. The fourth-order valence-corrected chi connectivity index (χ4v) is 1.91. The molecule has 90 valence electrons. The van der Waals surface area contributed by atoms with Crippen molar-refractivity contribution in [1.82, 2.24) is 10.2 Å². The molecule has 1 heterocycles. The van der Waals surface area contributed by atoms with Crippen molar-refractivity contribution in [2.45, 2.75) is 25.1 Å². The number of rotatable bonds is 5. The Hall–Kier alpha value is -1.35. The number of benzene rings is 1. The molecule has 4 heteroatoms. The van der Waals surface area contributed by atoms with Crippen LogP contribution in [0.2, 0.25) is 0 Å². The first-order chi connectivity index (χ1) is 8.27. The van der Waals surface area contributed by atoms with Gasteiger partial charge < -0.3 is 5.32 Å². The summed E-state index contributed by atoms with van der Waals surface area (Å²) >= 11 is 5.90. The van der Waals surface area contributed by atoms with E-state index in [1.165, 1.54) is 0 Å². The highest BCUT2D eigenvalue weighted by atomic mass is 35.5. The van der Waals surface area contributed by atoms with Gasteiger partial charge in [-0.2, -0.15) is 10.2 Å². The van der Waals surface area contributed by atoms with Crippen molar-refractivity contribution in [1.29, 1.82) is 0 Å². The molecule has 0 bridgehead atoms. The van der Waals surface area contributed by atoms with Crippen molar-refractivity contribution in [2.24, 2.45) is 0 Å². The average Bonchev–Trinajstić information content (AvgIpc) is 2.34. The van der Waals surface area contributed by atoms with Crippen molar-refractivity contribution in [2.75, 3.05) is 11.9 Å². The van der Waals surface area contributed by atoms with Gasteiger partial charge in [0.25, 0.3) is 0 Å². The first-order valence-electron chi connectivity index (χ1n) is 5.86. The van der Waals surface area contributed by atoms with E-state index in [4.69, 9.17) is 11.6 Å². The standard InChI is InChI=1S/C13H16ClN3/c1-10(14)5-4-8-15-13-9-16-17-12-7-3-2-6-11(12)13/h2-3,6-7,9-10H,4-5,8H2,1H3,(H,15,17). The Morgan fingerprint density at radius 1 is 1.35 bits per heavy atom. The Morgan fingerprint density at radius 2 is 2.18 bits per heavy atom. The molecule has 2 aromatic rings. The molecule has 17 heavy (non-hydrogen) atoms. The van der Waals surface area contributed by atoms with Crippen LogP contribution < -0.4 is 5.32 Å². The molecule has 0 radical (unpaired) electrons. The number of aromatic nitrogens is 2. The minimum Gasteiger partial charge on any atom is -0.383 e. The van der Waals surface area contributed by atoms with Gasteiger partial charge in [0.15, 0.2) is 0 Å². The van der Waals surface area contributed by atoms with Crippen molar-refractivity contribution in [3.8, 4) is 0 Å². The summed E-state index contributed by atoms with van der Waals surface area (Å²) in [6, 6.07) is 8.00. The molecule has 1 N–H and O–H groups in total. The van der Waals surface area contributed by atoms with Gasteiger partial charge in [0.1, 0.15) is 0 Å². The number of fused-ring (bicyclic) bond motifs is 1. The summed E-state index contributed by atoms with van der Waals surface area (Å²) in [5, 5.41) is 12.8. The van der Waals surface area contributed by atoms with Crippen LogP contribution in [0.1, 0.15) is 19.8 Å². The van der Waals surface area contributed by atoms with Gasteiger partial charge in [0.05, 0.1) is 17.4 Å². The molecule has 1 atom stereocenters. The quantitative estimate of drug-likeness (QED) is 0.652. The van der Waals surface area contributed by atoms with Crippen molar-refractivity contribution < 1.29 is 0 Å². The van der Waals surface area contributed by atoms with Crippen LogP contribution in [0.25, 0.3) is 10.9 Å². The number of alkyl halides is 1. The maximum Gasteiger partial charge on any atom is 0.0950 e. The Kier molecular flexibility index (Phi) is 4.15. The Balaban J connectivity index is 2.03. The average molecular weight is 250 g/mol. The molecule has 0 saturated heterocycles. The number of hydrogen-bond donors (Lipinski definition) is 1. The van der Waals surface area contributed by atoms with Gasteiger partial charge in [-0.15, -0.1) is 11.6 Å². The summed E-state index contributed by atoms with van der Waals surface area (Å²) in [5.41, 5.74) is 1.96. The minimum atomic E-state index is 0.240. The fourth-order valence-electron chi connectivity index (χ4n) is 1.75. The summed E-state index contributed by atoms with van der Waals surface area (Å²) in [6.45, 7) is 2.93. The predicted molar refractivity (Wildman–Crippen MR) is 72.6 cm³/mol. The molecule has 0 saturated carbocycles. The van der Waals surface area contributed by atoms with Crippen LogP contribution in [0.5, 0.6) is 0 Å². The zero-order valence-corrected chi connectivity index (χ0v) is 10.6. The van der Waals surface area contributed by atoms with Crippen LogP contribution in [-0.4, -0.2) is 22.1 Å². The molecule has 0 amide bonds. The van der Waals surface area contributed by atoms with Crippen molar-refractivity contribution in [3.05, 3.63) is 30.5 Å². The third kappa shape index (κ3) is 3.30. The highest BCUT2D eigenvalue weighted by Crippen LogP contribution is 2.19. The lowest BCUT2D eigenvalue weighted by Crippen LogP contribution is -2.05. The third-order valence-corrected chi connectivity index (χ3v) is 2.86. The Labute approximate surface area is 106 Å². The van der Waals surface area contributed by atoms with E-state index in [-0.39, 0.29) is 5.38 Å². The van der Waals surface area contributed by atoms with Gasteiger partial charge in [-0.25, -0.2) is 0 Å². The molecule has 0 spiro atoms. The highest BCUT2D eigenvalue weighted by Gasteiger charge is 2.01. The molecule has 3 nitrogen and oxygen atoms in total. The van der Waals surface area contributed by atoms with Gasteiger partial charge in [-0.3, -0.25) is 0 Å². The normalized spacial score (nSPS) is 12.6. The van der Waals surface area contributed by atoms with E-state index >= 15 is 0 Å². The van der Waals surface area contributed by atoms with Gasteiger partial charge in [0.2, 0.25) is 0 Å². The monoisotopic (exact) mass is 249 g/mol. The van der Waals surface area contributed by atoms with Gasteiger partial charge in [0, 0.05) is 17.3 Å². The molecule has 0 aliphatic rings. The summed E-state index contributed by atoms with van der Waals surface area (Å²) in [6.07, 6.45) is 3.85. The number of nitrogens with zero attached hydrogens (tertiary/aromatic N) is 2. The maximum absolute atomic E-state index is 5.90. The van der Waals surface area contributed by atoms with Gasteiger partial charge in [-0.05, 0) is 25.8 Å². The van der Waals surface area contributed by atoms with Crippen molar-refractivity contribution >= 4 is 28.2 Å². The molecule has 0 aliphatic carbocycles. The molecule has 1 aromatic carbocycles. The third-order valence-electron chi connectivity index (χ3n) is 2.64. The molecular formula is C13H16ClN3. The Morgan fingerprint density at radius 3 is 3.00 bits per heavy atom. The largest absolute Gasteiger partial charge is 0.383 e. The van der Waals surface area contributed by atoms with E-state index in [0.717, 1.165) is 36.0 Å². The van der Waals surface area contributed by atoms with E-state index in [9.17, 15) is 0 Å². The lowest BCUT2D eigenvalue weighted by Gasteiger charge is -2.08. The fraction of sp³-hybridized carbons (Fsp3) is 0.385. The molecule has 0 fully saturated rings. The molecule has 1 unspecified atom stereocenters. The Bertz CT molecular complexity index is 480. The summed E-state index contributed by atoms with van der Waals surface area (Å²) in [4.78, 5) is 0. The maximum atomic E-state index is 5.90. The second kappa shape index (κ2) is 5.82. The first kappa shape index (κ1) is 12.1. The second-order valence-corrected chi connectivity index (χ2v) is 4.87. The van der Waals surface area contributed by atoms with Crippen LogP contribution in [0, 0.1) is 0 Å². The number of anilines is 1. The van der Waals surface area contributed by atoms with Crippen LogP contribution in [-0.2, 0) is 0 Å². The second-order valence-electron chi connectivity index (χ2n) is 4.13.